The van der Waals surface area contributed by atoms with Crippen molar-refractivity contribution in [1.29, 1.82) is 0 Å². The number of Topliss-reactive ketones (excluding diaryl/α,β-unsaturated/α-hetero) is 1. The van der Waals surface area contributed by atoms with E-state index in [4.69, 9.17) is 23.2 Å². The minimum Gasteiger partial charge on any atom is -0.321 e. The standard InChI is InChI=1S/C16H18Cl2N2O3S/c1-11(2)7-8-20-10-19-15(16(20)18)14(21)9-24(22,23)13-5-3-12(17)4-6-13/h3-6,10-11H,7-9H2,1-2H3. The van der Waals surface area contributed by atoms with Crippen LogP contribution < -0.4 is 0 Å². The van der Waals surface area contributed by atoms with Gasteiger partial charge in [-0.25, -0.2) is 13.4 Å². The molecule has 0 aliphatic rings. The molecular weight excluding hydrogens is 371 g/mol. The molecule has 0 radical (unpaired) electrons. The maximum Gasteiger partial charge on any atom is 0.199 e. The van der Waals surface area contributed by atoms with Crippen molar-refractivity contribution >= 4 is 38.8 Å². The fourth-order valence-electron chi connectivity index (χ4n) is 2.07. The normalized spacial score (nSPS) is 11.9. The van der Waals surface area contributed by atoms with Crippen LogP contribution in [-0.2, 0) is 16.4 Å². The predicted octanol–water partition coefficient (Wildman–Crippen LogP) is 3.89. The molecule has 0 spiro atoms. The van der Waals surface area contributed by atoms with Crippen molar-refractivity contribution in [2.75, 3.05) is 5.75 Å². The predicted molar refractivity (Wildman–Crippen MR) is 94.5 cm³/mol. The van der Waals surface area contributed by atoms with Crippen LogP contribution in [0, 0.1) is 5.92 Å². The van der Waals surface area contributed by atoms with Gasteiger partial charge in [-0.1, -0.05) is 37.0 Å². The van der Waals surface area contributed by atoms with Crippen LogP contribution in [-0.4, -0.2) is 29.5 Å². The lowest BCUT2D eigenvalue weighted by Crippen LogP contribution is -2.17. The molecule has 0 atom stereocenters. The maximum atomic E-state index is 12.3. The van der Waals surface area contributed by atoms with E-state index in [0.717, 1.165) is 6.42 Å². The maximum absolute atomic E-state index is 12.3. The summed E-state index contributed by atoms with van der Waals surface area (Å²) >= 11 is 11.9. The van der Waals surface area contributed by atoms with Gasteiger partial charge in [-0.15, -0.1) is 0 Å². The topological polar surface area (TPSA) is 69.0 Å². The number of benzene rings is 1. The Hall–Kier alpha value is -1.37. The van der Waals surface area contributed by atoms with Crippen LogP contribution in [0.3, 0.4) is 0 Å². The van der Waals surface area contributed by atoms with Gasteiger partial charge in [-0.2, -0.15) is 0 Å². The minimum atomic E-state index is -3.77. The molecule has 0 fully saturated rings. The summed E-state index contributed by atoms with van der Waals surface area (Å²) in [6.45, 7) is 4.78. The fraction of sp³-hybridized carbons (Fsp3) is 0.375. The molecule has 24 heavy (non-hydrogen) atoms. The summed E-state index contributed by atoms with van der Waals surface area (Å²) in [6, 6.07) is 5.67. The number of ketones is 1. The van der Waals surface area contributed by atoms with Crippen molar-refractivity contribution in [3.8, 4) is 0 Å². The van der Waals surface area contributed by atoms with E-state index in [9.17, 15) is 13.2 Å². The van der Waals surface area contributed by atoms with Gasteiger partial charge in [0.25, 0.3) is 0 Å². The van der Waals surface area contributed by atoms with Gasteiger partial charge in [0.15, 0.2) is 15.6 Å². The molecule has 1 heterocycles. The highest BCUT2D eigenvalue weighted by Crippen LogP contribution is 2.20. The number of hydrogen-bond acceptors (Lipinski definition) is 4. The van der Waals surface area contributed by atoms with Gasteiger partial charge in [0.2, 0.25) is 0 Å². The Kier molecular flexibility index (Phi) is 6.06. The fourth-order valence-corrected chi connectivity index (χ4v) is 3.68. The van der Waals surface area contributed by atoms with Crippen LogP contribution in [0.15, 0.2) is 35.5 Å². The Labute approximate surface area is 151 Å². The van der Waals surface area contributed by atoms with Crippen molar-refractivity contribution < 1.29 is 13.2 Å². The van der Waals surface area contributed by atoms with Crippen molar-refractivity contribution in [1.82, 2.24) is 9.55 Å². The van der Waals surface area contributed by atoms with Gasteiger partial charge in [0, 0.05) is 11.6 Å². The number of carbonyl (C=O) groups is 1. The number of rotatable bonds is 7. The highest BCUT2D eigenvalue weighted by atomic mass is 35.5. The van der Waals surface area contributed by atoms with Gasteiger partial charge in [0.05, 0.1) is 11.2 Å². The van der Waals surface area contributed by atoms with E-state index in [0.29, 0.717) is 17.5 Å². The van der Waals surface area contributed by atoms with Crippen molar-refractivity contribution in [3.63, 3.8) is 0 Å². The third-order valence-electron chi connectivity index (χ3n) is 3.48. The molecule has 0 aliphatic carbocycles. The molecule has 0 saturated heterocycles. The second-order valence-corrected chi connectivity index (χ2v) is 8.68. The first kappa shape index (κ1) is 19.0. The van der Waals surface area contributed by atoms with Gasteiger partial charge in [-0.3, -0.25) is 4.79 Å². The quantitative estimate of drug-likeness (QED) is 0.674. The first-order chi connectivity index (χ1) is 11.2. The summed E-state index contributed by atoms with van der Waals surface area (Å²) in [6.07, 6.45) is 2.35. The number of aryl methyl sites for hydroxylation is 1. The van der Waals surface area contributed by atoms with E-state index >= 15 is 0 Å². The van der Waals surface area contributed by atoms with Gasteiger partial charge in [0.1, 0.15) is 16.6 Å². The van der Waals surface area contributed by atoms with Crippen LogP contribution >= 0.6 is 23.2 Å². The first-order valence-corrected chi connectivity index (χ1v) is 9.83. The average molecular weight is 389 g/mol. The first-order valence-electron chi connectivity index (χ1n) is 7.43. The summed E-state index contributed by atoms with van der Waals surface area (Å²) in [5.41, 5.74) is -0.0158. The molecule has 5 nitrogen and oxygen atoms in total. The van der Waals surface area contributed by atoms with Crippen molar-refractivity contribution in [2.24, 2.45) is 5.92 Å². The molecule has 0 amide bonds. The van der Waals surface area contributed by atoms with E-state index in [1.54, 1.807) is 4.57 Å². The highest BCUT2D eigenvalue weighted by Gasteiger charge is 2.24. The van der Waals surface area contributed by atoms with E-state index in [1.165, 1.54) is 30.6 Å². The zero-order valence-electron chi connectivity index (χ0n) is 13.4. The van der Waals surface area contributed by atoms with Crippen molar-refractivity contribution in [3.05, 3.63) is 46.5 Å². The number of aromatic nitrogens is 2. The Balaban J connectivity index is 2.16. The van der Waals surface area contributed by atoms with Gasteiger partial charge < -0.3 is 4.57 Å². The van der Waals surface area contributed by atoms with Crippen LogP contribution in [0.5, 0.6) is 0 Å². The van der Waals surface area contributed by atoms with Crippen LogP contribution in [0.25, 0.3) is 0 Å². The number of hydrogen-bond donors (Lipinski definition) is 0. The number of halogens is 2. The number of imidazole rings is 1. The molecule has 1 aromatic heterocycles. The van der Waals surface area contributed by atoms with E-state index in [1.807, 2.05) is 0 Å². The van der Waals surface area contributed by atoms with Crippen LogP contribution in [0.2, 0.25) is 10.2 Å². The molecule has 0 unspecified atom stereocenters. The molecule has 1 aromatic carbocycles. The Morgan fingerprint density at radius 1 is 1.21 bits per heavy atom. The second-order valence-electron chi connectivity index (χ2n) is 5.90. The van der Waals surface area contributed by atoms with Gasteiger partial charge >= 0.3 is 0 Å². The van der Waals surface area contributed by atoms with Crippen LogP contribution in [0.1, 0.15) is 30.8 Å². The molecule has 2 rings (SSSR count). The summed E-state index contributed by atoms with van der Waals surface area (Å²) in [7, 11) is -3.77. The average Bonchev–Trinajstić information content (AvgIpc) is 2.86. The van der Waals surface area contributed by atoms with Gasteiger partial charge in [-0.05, 0) is 36.6 Å². The van der Waals surface area contributed by atoms with Crippen LogP contribution in [0.4, 0.5) is 0 Å². The highest BCUT2D eigenvalue weighted by molar-refractivity contribution is 7.92. The summed E-state index contributed by atoms with van der Waals surface area (Å²) < 4.78 is 26.3. The lowest BCUT2D eigenvalue weighted by atomic mass is 10.1. The summed E-state index contributed by atoms with van der Waals surface area (Å²) in [4.78, 5) is 16.3. The lowest BCUT2D eigenvalue weighted by Gasteiger charge is -2.07. The monoisotopic (exact) mass is 388 g/mol. The summed E-state index contributed by atoms with van der Waals surface area (Å²) in [5.74, 6) is -0.832. The lowest BCUT2D eigenvalue weighted by molar-refractivity contribution is 0.101. The number of carbonyl (C=O) groups excluding carboxylic acids is 1. The smallest absolute Gasteiger partial charge is 0.199 e. The Bertz CT molecular complexity index is 828. The van der Waals surface area contributed by atoms with Crippen molar-refractivity contribution in [2.45, 2.75) is 31.7 Å². The summed E-state index contributed by atoms with van der Waals surface area (Å²) in [5, 5.41) is 0.596. The number of sulfone groups is 1. The molecule has 2 aromatic rings. The molecule has 0 aliphatic heterocycles. The second kappa shape index (κ2) is 7.68. The molecular formula is C16H18Cl2N2O3S. The zero-order chi connectivity index (χ0) is 17.9. The minimum absolute atomic E-state index is 0.0158. The molecule has 130 valence electrons. The number of nitrogens with zero attached hydrogens (tertiary/aromatic N) is 2. The molecule has 0 bridgehead atoms. The third kappa shape index (κ3) is 4.59. The van der Waals surface area contributed by atoms with E-state index in [-0.39, 0.29) is 15.7 Å². The Morgan fingerprint density at radius 2 is 1.83 bits per heavy atom. The van der Waals surface area contributed by atoms with E-state index in [2.05, 4.69) is 18.8 Å². The SMILES string of the molecule is CC(C)CCn1cnc(C(=O)CS(=O)(=O)c2ccc(Cl)cc2)c1Cl. The third-order valence-corrected chi connectivity index (χ3v) is 5.76. The Morgan fingerprint density at radius 3 is 2.42 bits per heavy atom. The molecule has 8 heteroatoms. The molecule has 0 saturated carbocycles. The zero-order valence-corrected chi connectivity index (χ0v) is 15.7. The molecule has 0 N–H and O–H groups in total. The largest absolute Gasteiger partial charge is 0.321 e. The van der Waals surface area contributed by atoms with E-state index < -0.39 is 21.4 Å².